The molecular formula is C16H16N2O4S. The molecular weight excluding hydrogens is 316 g/mol. The smallest absolute Gasteiger partial charge is 0.264 e. The van der Waals surface area contributed by atoms with Gasteiger partial charge in [0.05, 0.1) is 4.91 Å². The van der Waals surface area contributed by atoms with Crippen molar-refractivity contribution in [3.05, 3.63) is 83.8 Å². The van der Waals surface area contributed by atoms with E-state index in [1.165, 1.54) is 54.6 Å². The molecule has 0 saturated heterocycles. The van der Waals surface area contributed by atoms with E-state index in [1.54, 1.807) is 0 Å². The highest BCUT2D eigenvalue weighted by Gasteiger charge is 2.19. The van der Waals surface area contributed by atoms with Crippen LogP contribution in [-0.2, 0) is 10.0 Å². The van der Waals surface area contributed by atoms with Crippen LogP contribution in [-0.4, -0.2) is 20.2 Å². The molecule has 0 aromatic heterocycles. The van der Waals surface area contributed by atoms with E-state index in [2.05, 4.69) is 13.2 Å². The van der Waals surface area contributed by atoms with Crippen LogP contribution in [0.1, 0.15) is 20.7 Å². The average molecular weight is 332 g/mol. The maximum absolute atomic E-state index is 12.2. The Kier molecular flexibility index (Phi) is 6.23. The fraction of sp³-hybridized carbons (Fsp3) is 0. The summed E-state index contributed by atoms with van der Waals surface area (Å²) in [6.45, 7) is 6.87. The standard InChI is InChI=1S/C16H16N2O4S/c1-3-5-7-14(6-4-2)23(21,22)18-16(20)13-10-8-12(9-11-13)15(17)19/h3-11H,1-2H2,(H2,17,19)(H,18,20)/b7-5-,14-6+. The van der Waals surface area contributed by atoms with Crippen LogP contribution >= 0.6 is 0 Å². The van der Waals surface area contributed by atoms with E-state index < -0.39 is 21.8 Å². The van der Waals surface area contributed by atoms with E-state index in [0.717, 1.165) is 0 Å². The molecule has 0 spiro atoms. The number of carbonyl (C=O) groups excluding carboxylic acids is 2. The van der Waals surface area contributed by atoms with Crippen LogP contribution in [0.4, 0.5) is 0 Å². The maximum atomic E-state index is 12.2. The number of amides is 2. The molecule has 120 valence electrons. The van der Waals surface area contributed by atoms with Crippen molar-refractivity contribution in [3.8, 4) is 0 Å². The fourth-order valence-corrected chi connectivity index (χ4v) is 2.55. The van der Waals surface area contributed by atoms with Crippen molar-refractivity contribution in [1.29, 1.82) is 0 Å². The topological polar surface area (TPSA) is 106 Å². The van der Waals surface area contributed by atoms with Gasteiger partial charge < -0.3 is 5.73 Å². The number of hydrogen-bond donors (Lipinski definition) is 2. The molecule has 7 heteroatoms. The Morgan fingerprint density at radius 2 is 1.61 bits per heavy atom. The van der Waals surface area contributed by atoms with Crippen LogP contribution in [0, 0.1) is 0 Å². The largest absolute Gasteiger partial charge is 0.366 e. The van der Waals surface area contributed by atoms with Crippen LogP contribution < -0.4 is 10.5 Å². The molecule has 1 aromatic carbocycles. The van der Waals surface area contributed by atoms with Crippen molar-refractivity contribution in [2.75, 3.05) is 0 Å². The molecule has 0 aliphatic carbocycles. The first-order chi connectivity index (χ1) is 10.8. The minimum atomic E-state index is -4.07. The van der Waals surface area contributed by atoms with E-state index in [4.69, 9.17) is 5.73 Å². The van der Waals surface area contributed by atoms with E-state index in [-0.39, 0.29) is 16.0 Å². The minimum absolute atomic E-state index is 0.0734. The summed E-state index contributed by atoms with van der Waals surface area (Å²) < 4.78 is 26.3. The van der Waals surface area contributed by atoms with Crippen molar-refractivity contribution >= 4 is 21.8 Å². The number of rotatable bonds is 7. The van der Waals surface area contributed by atoms with E-state index in [9.17, 15) is 18.0 Å². The van der Waals surface area contributed by atoms with Gasteiger partial charge in [-0.2, -0.15) is 0 Å². The molecule has 0 heterocycles. The molecule has 6 nitrogen and oxygen atoms in total. The lowest BCUT2D eigenvalue weighted by Crippen LogP contribution is -2.31. The molecule has 0 aliphatic rings. The number of benzene rings is 1. The summed E-state index contributed by atoms with van der Waals surface area (Å²) in [5, 5.41) is 0. The molecule has 0 radical (unpaired) electrons. The molecule has 0 bridgehead atoms. The zero-order chi connectivity index (χ0) is 17.5. The molecule has 0 saturated carbocycles. The minimum Gasteiger partial charge on any atom is -0.366 e. The van der Waals surface area contributed by atoms with Crippen molar-refractivity contribution in [2.24, 2.45) is 5.73 Å². The van der Waals surface area contributed by atoms with Gasteiger partial charge in [-0.15, -0.1) is 0 Å². The number of nitrogens with two attached hydrogens (primary N) is 1. The normalized spacial score (nSPS) is 11.9. The van der Waals surface area contributed by atoms with Gasteiger partial charge in [-0.05, 0) is 36.4 Å². The number of primary amides is 1. The molecule has 0 fully saturated rings. The predicted molar refractivity (Wildman–Crippen MR) is 89.0 cm³/mol. The van der Waals surface area contributed by atoms with Gasteiger partial charge in [0, 0.05) is 11.1 Å². The second-order valence-electron chi connectivity index (χ2n) is 4.28. The molecule has 1 aromatic rings. The van der Waals surface area contributed by atoms with Gasteiger partial charge >= 0.3 is 0 Å². The Morgan fingerprint density at radius 3 is 2.09 bits per heavy atom. The average Bonchev–Trinajstić information content (AvgIpc) is 2.50. The molecule has 0 unspecified atom stereocenters. The lowest BCUT2D eigenvalue weighted by atomic mass is 10.1. The fourth-order valence-electron chi connectivity index (χ4n) is 1.54. The summed E-state index contributed by atoms with van der Waals surface area (Å²) in [4.78, 5) is 22.8. The van der Waals surface area contributed by atoms with Gasteiger partial charge in [0.25, 0.3) is 15.9 Å². The van der Waals surface area contributed by atoms with Crippen LogP contribution in [0.25, 0.3) is 0 Å². The maximum Gasteiger partial charge on any atom is 0.264 e. The van der Waals surface area contributed by atoms with Gasteiger partial charge in [-0.25, -0.2) is 13.1 Å². The third-order valence-electron chi connectivity index (χ3n) is 2.65. The first-order valence-electron chi connectivity index (χ1n) is 6.40. The monoisotopic (exact) mass is 332 g/mol. The molecule has 1 rings (SSSR count). The van der Waals surface area contributed by atoms with Gasteiger partial charge in [0.2, 0.25) is 5.91 Å². The van der Waals surface area contributed by atoms with Gasteiger partial charge in [-0.3, -0.25) is 9.59 Å². The number of hydrogen-bond acceptors (Lipinski definition) is 4. The SMILES string of the molecule is C=C/C=C\C(=C/C=C)S(=O)(=O)NC(=O)c1ccc(C(N)=O)cc1. The van der Waals surface area contributed by atoms with E-state index >= 15 is 0 Å². The third kappa shape index (κ3) is 5.08. The second kappa shape index (κ2) is 7.90. The lowest BCUT2D eigenvalue weighted by Gasteiger charge is -2.07. The van der Waals surface area contributed by atoms with Gasteiger partial charge in [0.1, 0.15) is 0 Å². The van der Waals surface area contributed by atoms with Gasteiger partial charge in [0.15, 0.2) is 0 Å². The summed E-state index contributed by atoms with van der Waals surface area (Å²) in [6.07, 6.45) is 6.62. The van der Waals surface area contributed by atoms with Crippen molar-refractivity contribution < 1.29 is 18.0 Å². The Balaban J connectivity index is 3.03. The summed E-state index contributed by atoms with van der Waals surface area (Å²) in [5.74, 6) is -1.47. The van der Waals surface area contributed by atoms with Crippen molar-refractivity contribution in [2.45, 2.75) is 0 Å². The lowest BCUT2D eigenvalue weighted by molar-refractivity contribution is 0.0975. The highest BCUT2D eigenvalue weighted by Crippen LogP contribution is 2.10. The van der Waals surface area contributed by atoms with Crippen LogP contribution in [0.2, 0.25) is 0 Å². The van der Waals surface area contributed by atoms with Crippen LogP contribution in [0.3, 0.4) is 0 Å². The van der Waals surface area contributed by atoms with E-state index in [1.807, 2.05) is 4.72 Å². The number of allylic oxidation sites excluding steroid dienone is 5. The Bertz CT molecular complexity index is 788. The van der Waals surface area contributed by atoms with E-state index in [0.29, 0.717) is 0 Å². The van der Waals surface area contributed by atoms with Gasteiger partial charge in [-0.1, -0.05) is 31.4 Å². The number of carbonyl (C=O) groups is 2. The van der Waals surface area contributed by atoms with Crippen molar-refractivity contribution in [1.82, 2.24) is 4.72 Å². The zero-order valence-corrected chi connectivity index (χ0v) is 13.0. The van der Waals surface area contributed by atoms with Crippen LogP contribution in [0.15, 0.2) is 72.7 Å². The Hall–Kier alpha value is -2.93. The summed E-state index contributed by atoms with van der Waals surface area (Å²) in [5.41, 5.74) is 5.38. The Labute approximate surface area is 134 Å². The second-order valence-corrected chi connectivity index (χ2v) is 5.96. The first-order valence-corrected chi connectivity index (χ1v) is 7.89. The predicted octanol–water partition coefficient (Wildman–Crippen LogP) is 1.66. The number of sulfonamides is 1. The quantitative estimate of drug-likeness (QED) is 0.740. The number of nitrogens with one attached hydrogen (secondary N) is 1. The summed E-state index contributed by atoms with van der Waals surface area (Å²) in [6, 6.07) is 5.28. The molecule has 0 atom stereocenters. The molecule has 0 aliphatic heterocycles. The van der Waals surface area contributed by atoms with Crippen LogP contribution in [0.5, 0.6) is 0 Å². The third-order valence-corrected chi connectivity index (χ3v) is 3.99. The molecule has 2 amide bonds. The zero-order valence-electron chi connectivity index (χ0n) is 12.2. The molecule has 23 heavy (non-hydrogen) atoms. The van der Waals surface area contributed by atoms with Crippen molar-refractivity contribution in [3.63, 3.8) is 0 Å². The summed E-state index contributed by atoms with van der Waals surface area (Å²) in [7, 11) is -4.07. The first kappa shape index (κ1) is 18.1. The Morgan fingerprint density at radius 1 is 1.04 bits per heavy atom. The molecule has 3 N–H and O–H groups in total. The highest BCUT2D eigenvalue weighted by atomic mass is 32.2. The highest BCUT2D eigenvalue weighted by molar-refractivity contribution is 7.94. The summed E-state index contributed by atoms with van der Waals surface area (Å²) >= 11 is 0.